The van der Waals surface area contributed by atoms with Crippen LogP contribution in [0.25, 0.3) is 0 Å². The van der Waals surface area contributed by atoms with Crippen LogP contribution in [0.2, 0.25) is 5.02 Å². The van der Waals surface area contributed by atoms with E-state index in [4.69, 9.17) is 11.6 Å². The summed E-state index contributed by atoms with van der Waals surface area (Å²) < 4.78 is 26.5. The number of nitrogens with one attached hydrogen (secondary N) is 1. The molecular weight excluding hydrogens is 444 g/mol. The molecule has 0 radical (unpaired) electrons. The third kappa shape index (κ3) is 5.50. The number of hydrogen-bond donors (Lipinski definition) is 1. The second-order valence-corrected chi connectivity index (χ2v) is 10.2. The Balaban J connectivity index is 1.98. The summed E-state index contributed by atoms with van der Waals surface area (Å²) in [6.07, 6.45) is 1.09. The fourth-order valence-corrected chi connectivity index (χ4v) is 5.02. The van der Waals surface area contributed by atoms with Crippen molar-refractivity contribution in [1.29, 1.82) is 0 Å². The number of hydrogen-bond acceptors (Lipinski definition) is 3. The Morgan fingerprint density at radius 3 is 2.12 bits per heavy atom. The van der Waals surface area contributed by atoms with Gasteiger partial charge in [0, 0.05) is 5.02 Å². The van der Waals surface area contributed by atoms with Crippen LogP contribution in [-0.4, -0.2) is 26.6 Å². The van der Waals surface area contributed by atoms with E-state index in [2.05, 4.69) is 5.32 Å². The smallest absolute Gasteiger partial charge is 0.244 e. The summed E-state index contributed by atoms with van der Waals surface area (Å²) in [5, 5.41) is 3.44. The number of carbonyl (C=O) groups is 1. The van der Waals surface area contributed by atoms with E-state index in [0.717, 1.165) is 27.3 Å². The summed E-state index contributed by atoms with van der Waals surface area (Å²) in [5.41, 5.74) is 4.01. The molecule has 0 aliphatic carbocycles. The van der Waals surface area contributed by atoms with E-state index in [-0.39, 0.29) is 0 Å². The molecule has 0 fully saturated rings. The van der Waals surface area contributed by atoms with Crippen molar-refractivity contribution in [1.82, 2.24) is 5.32 Å². The Kier molecular flexibility index (Phi) is 7.26. The minimum atomic E-state index is -3.76. The highest BCUT2D eigenvalue weighted by Crippen LogP contribution is 2.29. The van der Waals surface area contributed by atoms with Gasteiger partial charge in [-0.15, -0.1) is 0 Å². The number of carbonyl (C=O) groups excluding carboxylic acids is 1. The third-order valence-corrected chi connectivity index (χ3v) is 6.79. The van der Waals surface area contributed by atoms with E-state index in [1.54, 1.807) is 32.0 Å². The average molecular weight is 471 g/mol. The average Bonchev–Trinajstić information content (AvgIpc) is 2.75. The van der Waals surface area contributed by atoms with Crippen molar-refractivity contribution >= 4 is 33.2 Å². The molecule has 0 aliphatic heterocycles. The van der Waals surface area contributed by atoms with Gasteiger partial charge in [-0.05, 0) is 49.6 Å². The summed E-state index contributed by atoms with van der Waals surface area (Å²) in [6.45, 7) is 5.36. The first-order chi connectivity index (χ1) is 15.1. The van der Waals surface area contributed by atoms with E-state index >= 15 is 0 Å². The number of nitrogens with zero attached hydrogens (tertiary/aromatic N) is 1. The summed E-state index contributed by atoms with van der Waals surface area (Å²) in [6, 6.07) is 21.1. The lowest BCUT2D eigenvalue weighted by Gasteiger charge is -2.31. The molecule has 0 aromatic heterocycles. The van der Waals surface area contributed by atoms with Crippen LogP contribution in [0.1, 0.15) is 35.2 Å². The van der Waals surface area contributed by atoms with Gasteiger partial charge in [0.15, 0.2) is 0 Å². The highest BCUT2D eigenvalue weighted by molar-refractivity contribution is 7.92. The van der Waals surface area contributed by atoms with E-state index in [9.17, 15) is 13.2 Å². The monoisotopic (exact) mass is 470 g/mol. The topological polar surface area (TPSA) is 66.5 Å². The molecule has 0 heterocycles. The maximum absolute atomic E-state index is 13.4. The number of aryl methyl sites for hydroxylation is 2. The minimum absolute atomic E-state index is 0.384. The van der Waals surface area contributed by atoms with E-state index in [0.29, 0.717) is 16.3 Å². The highest BCUT2D eigenvalue weighted by atomic mass is 35.5. The Hall–Kier alpha value is -2.83. The van der Waals surface area contributed by atoms with Crippen molar-refractivity contribution < 1.29 is 13.2 Å². The Morgan fingerprint density at radius 1 is 0.938 bits per heavy atom. The molecule has 168 valence electrons. The SMILES string of the molecule is Cc1ccc([C@H](NC(=O)[C@@H](C)N(c2cc(Cl)ccc2C)S(C)(=O)=O)c2ccccc2)cc1. The molecule has 0 unspecified atom stereocenters. The number of amides is 1. The normalized spacial score (nSPS) is 13.3. The number of halogens is 1. The van der Waals surface area contributed by atoms with Crippen LogP contribution in [0.3, 0.4) is 0 Å². The summed E-state index contributed by atoms with van der Waals surface area (Å²) in [4.78, 5) is 13.4. The zero-order valence-electron chi connectivity index (χ0n) is 18.5. The fourth-order valence-electron chi connectivity index (χ4n) is 3.63. The van der Waals surface area contributed by atoms with Crippen molar-refractivity contribution in [3.8, 4) is 0 Å². The Morgan fingerprint density at radius 2 is 1.53 bits per heavy atom. The number of anilines is 1. The zero-order chi connectivity index (χ0) is 23.5. The van der Waals surface area contributed by atoms with Gasteiger partial charge in [0.25, 0.3) is 0 Å². The van der Waals surface area contributed by atoms with Crippen molar-refractivity contribution in [2.45, 2.75) is 32.9 Å². The standard InChI is InChI=1S/C25H27ClN2O3S/c1-17-10-13-21(14-11-17)24(20-8-6-5-7-9-20)27-25(29)19(3)28(32(4,30)31)23-16-22(26)15-12-18(23)2/h5-16,19,24H,1-4H3,(H,27,29)/t19-,24-/m1/s1. The molecule has 3 rings (SSSR count). The molecule has 5 nitrogen and oxygen atoms in total. The quantitative estimate of drug-likeness (QED) is 0.527. The number of sulfonamides is 1. The van der Waals surface area contributed by atoms with Crippen LogP contribution in [0.5, 0.6) is 0 Å². The van der Waals surface area contributed by atoms with Crippen molar-refractivity contribution in [3.05, 3.63) is 100 Å². The van der Waals surface area contributed by atoms with E-state index in [1.807, 2.05) is 61.5 Å². The molecule has 0 saturated heterocycles. The molecule has 0 bridgehead atoms. The zero-order valence-corrected chi connectivity index (χ0v) is 20.1. The molecule has 0 saturated carbocycles. The highest BCUT2D eigenvalue weighted by Gasteiger charge is 2.32. The van der Waals surface area contributed by atoms with Crippen molar-refractivity contribution in [3.63, 3.8) is 0 Å². The fraction of sp³-hybridized carbons (Fsp3) is 0.240. The first-order valence-corrected chi connectivity index (χ1v) is 12.5. The molecule has 3 aromatic carbocycles. The first-order valence-electron chi connectivity index (χ1n) is 10.3. The van der Waals surface area contributed by atoms with Crippen LogP contribution in [0, 0.1) is 13.8 Å². The molecule has 2 atom stereocenters. The van der Waals surface area contributed by atoms with Gasteiger partial charge in [-0.1, -0.05) is 77.8 Å². The molecule has 0 aliphatic rings. The van der Waals surface area contributed by atoms with Crippen molar-refractivity contribution in [2.24, 2.45) is 0 Å². The first kappa shape index (κ1) is 23.8. The van der Waals surface area contributed by atoms with Gasteiger partial charge in [-0.3, -0.25) is 9.10 Å². The molecule has 1 N–H and O–H groups in total. The van der Waals surface area contributed by atoms with E-state index in [1.165, 1.54) is 0 Å². The van der Waals surface area contributed by atoms with Gasteiger partial charge in [-0.25, -0.2) is 8.42 Å². The van der Waals surface area contributed by atoms with Crippen LogP contribution < -0.4 is 9.62 Å². The predicted octanol–water partition coefficient (Wildman–Crippen LogP) is 5.02. The van der Waals surface area contributed by atoms with E-state index < -0.39 is 28.0 Å². The van der Waals surface area contributed by atoms with Gasteiger partial charge in [-0.2, -0.15) is 0 Å². The predicted molar refractivity (Wildman–Crippen MR) is 131 cm³/mol. The summed E-state index contributed by atoms with van der Waals surface area (Å²) in [7, 11) is -3.76. The van der Waals surface area contributed by atoms with Crippen LogP contribution >= 0.6 is 11.6 Å². The summed E-state index contributed by atoms with van der Waals surface area (Å²) >= 11 is 6.13. The number of benzene rings is 3. The van der Waals surface area contributed by atoms with Gasteiger partial charge in [0.2, 0.25) is 15.9 Å². The minimum Gasteiger partial charge on any atom is -0.343 e. The van der Waals surface area contributed by atoms with Gasteiger partial charge in [0.05, 0.1) is 18.0 Å². The second kappa shape index (κ2) is 9.76. The Labute approximate surface area is 195 Å². The maximum Gasteiger partial charge on any atom is 0.244 e. The number of rotatable bonds is 7. The molecule has 3 aromatic rings. The lowest BCUT2D eigenvalue weighted by atomic mass is 9.97. The van der Waals surface area contributed by atoms with Crippen molar-refractivity contribution in [2.75, 3.05) is 10.6 Å². The maximum atomic E-state index is 13.4. The van der Waals surface area contributed by atoms with Crippen LogP contribution in [-0.2, 0) is 14.8 Å². The van der Waals surface area contributed by atoms with Crippen LogP contribution in [0.4, 0.5) is 5.69 Å². The molecular formula is C25H27ClN2O3S. The summed E-state index contributed by atoms with van der Waals surface area (Å²) in [5.74, 6) is -0.413. The molecule has 7 heteroatoms. The van der Waals surface area contributed by atoms with Crippen LogP contribution in [0.15, 0.2) is 72.8 Å². The Bertz CT molecular complexity index is 1200. The molecule has 0 spiro atoms. The molecule has 1 amide bonds. The lowest BCUT2D eigenvalue weighted by Crippen LogP contribution is -2.49. The second-order valence-electron chi connectivity index (χ2n) is 7.93. The third-order valence-electron chi connectivity index (χ3n) is 5.33. The van der Waals surface area contributed by atoms with Gasteiger partial charge >= 0.3 is 0 Å². The lowest BCUT2D eigenvalue weighted by molar-refractivity contribution is -0.122. The largest absolute Gasteiger partial charge is 0.343 e. The molecule has 32 heavy (non-hydrogen) atoms. The van der Waals surface area contributed by atoms with Gasteiger partial charge < -0.3 is 5.32 Å². The van der Waals surface area contributed by atoms with Gasteiger partial charge in [0.1, 0.15) is 6.04 Å².